The normalized spacial score (nSPS) is 25.7. The molecule has 98 valence electrons. The Morgan fingerprint density at radius 3 is 2.53 bits per heavy atom. The minimum Gasteiger partial charge on any atom is -0.481 e. The molecule has 0 radical (unpaired) electrons. The number of likely N-dealkylation sites (tertiary alicyclic amines) is 1. The van der Waals surface area contributed by atoms with Gasteiger partial charge in [0.1, 0.15) is 0 Å². The molecule has 1 aliphatic rings. The van der Waals surface area contributed by atoms with Gasteiger partial charge in [0.25, 0.3) is 0 Å². The molecule has 17 heavy (non-hydrogen) atoms. The van der Waals surface area contributed by atoms with Crippen molar-refractivity contribution in [3.8, 4) is 0 Å². The Morgan fingerprint density at radius 1 is 1.29 bits per heavy atom. The lowest BCUT2D eigenvalue weighted by Gasteiger charge is -2.35. The predicted molar refractivity (Wildman–Crippen MR) is 58.7 cm³/mol. The molecule has 0 aromatic rings. The summed E-state index contributed by atoms with van der Waals surface area (Å²) >= 11 is 0. The number of aliphatic hydroxyl groups is 1. The van der Waals surface area contributed by atoms with Crippen LogP contribution in [-0.2, 0) is 9.59 Å². The monoisotopic (exact) mass is 246 g/mol. The van der Waals surface area contributed by atoms with Gasteiger partial charge in [-0.25, -0.2) is 0 Å². The number of nitrogens with one attached hydrogen (secondary N) is 1. The van der Waals surface area contributed by atoms with Gasteiger partial charge < -0.3 is 20.6 Å². The van der Waals surface area contributed by atoms with Gasteiger partial charge in [-0.3, -0.25) is 14.5 Å². The average molecular weight is 246 g/mol. The highest BCUT2D eigenvalue weighted by Crippen LogP contribution is 2.17. The number of nitrogens with zero attached hydrogens (tertiary/aromatic N) is 1. The van der Waals surface area contributed by atoms with E-state index in [-0.39, 0.29) is 25.7 Å². The Kier molecular flexibility index (Phi) is 5.33. The summed E-state index contributed by atoms with van der Waals surface area (Å²) in [7, 11) is 0. The fraction of sp³-hybridized carbons (Fsp3) is 0.800. The number of carboxylic acids is 2. The molecule has 7 nitrogen and oxygen atoms in total. The van der Waals surface area contributed by atoms with Gasteiger partial charge in [-0.1, -0.05) is 0 Å². The molecule has 1 aliphatic heterocycles. The molecule has 1 fully saturated rings. The summed E-state index contributed by atoms with van der Waals surface area (Å²) in [6.07, 6.45) is 0.464. The van der Waals surface area contributed by atoms with Gasteiger partial charge in [0, 0.05) is 25.7 Å². The highest BCUT2D eigenvalue weighted by Gasteiger charge is 2.31. The third kappa shape index (κ3) is 4.68. The summed E-state index contributed by atoms with van der Waals surface area (Å²) in [5.41, 5.74) is 0. The van der Waals surface area contributed by atoms with Crippen LogP contribution in [0.3, 0.4) is 0 Å². The quantitative estimate of drug-likeness (QED) is 0.448. The zero-order chi connectivity index (χ0) is 12.8. The van der Waals surface area contributed by atoms with Gasteiger partial charge in [0.15, 0.2) is 0 Å². The maximum Gasteiger partial charge on any atom is 0.317 e. The lowest BCUT2D eigenvalue weighted by atomic mass is 9.94. The molecule has 0 aromatic carbocycles. The lowest BCUT2D eigenvalue weighted by molar-refractivity contribution is -0.146. The molecule has 1 heterocycles. The Bertz CT molecular complexity index is 284. The average Bonchev–Trinajstić information content (AvgIpc) is 2.25. The van der Waals surface area contributed by atoms with Gasteiger partial charge in [0.05, 0.1) is 19.1 Å². The molecular weight excluding hydrogens is 228 g/mol. The molecule has 2 atom stereocenters. The number of carboxylic acid groups (broad SMARTS) is 2. The van der Waals surface area contributed by atoms with Crippen LogP contribution in [0.4, 0.5) is 0 Å². The van der Waals surface area contributed by atoms with Gasteiger partial charge in [-0.05, 0) is 6.42 Å². The first-order valence-corrected chi connectivity index (χ1v) is 5.54. The van der Waals surface area contributed by atoms with Crippen molar-refractivity contribution < 1.29 is 24.9 Å². The van der Waals surface area contributed by atoms with Gasteiger partial charge in [-0.2, -0.15) is 0 Å². The first-order valence-electron chi connectivity index (χ1n) is 5.54. The Hall–Kier alpha value is -1.18. The van der Waals surface area contributed by atoms with Crippen molar-refractivity contribution >= 4 is 11.9 Å². The summed E-state index contributed by atoms with van der Waals surface area (Å²) in [5.74, 6) is -2.42. The van der Waals surface area contributed by atoms with Crippen LogP contribution < -0.4 is 5.32 Å². The Morgan fingerprint density at radius 2 is 2.00 bits per heavy atom. The number of carbonyl (C=O) groups is 2. The number of hydrogen-bond acceptors (Lipinski definition) is 5. The van der Waals surface area contributed by atoms with Crippen molar-refractivity contribution in [1.29, 1.82) is 0 Å². The van der Waals surface area contributed by atoms with Crippen LogP contribution in [0.1, 0.15) is 6.42 Å². The standard InChI is InChI=1S/C10H18N2O5/c13-2-1-11-8-3-7(10(16)17)4-12(5-8)6-9(14)15/h7-8,11,13H,1-6H2,(H,14,15)(H,16,17). The van der Waals surface area contributed by atoms with Crippen molar-refractivity contribution in [3.63, 3.8) is 0 Å². The van der Waals surface area contributed by atoms with E-state index in [0.29, 0.717) is 19.5 Å². The molecule has 0 aromatic heterocycles. The summed E-state index contributed by atoms with van der Waals surface area (Å²) < 4.78 is 0. The van der Waals surface area contributed by atoms with Crippen LogP contribution in [0.25, 0.3) is 0 Å². The van der Waals surface area contributed by atoms with E-state index in [1.807, 2.05) is 0 Å². The van der Waals surface area contributed by atoms with Crippen LogP contribution in [0, 0.1) is 5.92 Å². The molecule has 1 rings (SSSR count). The zero-order valence-electron chi connectivity index (χ0n) is 9.50. The van der Waals surface area contributed by atoms with E-state index >= 15 is 0 Å². The van der Waals surface area contributed by atoms with Crippen LogP contribution in [0.5, 0.6) is 0 Å². The lowest BCUT2D eigenvalue weighted by Crippen LogP contribution is -2.52. The van der Waals surface area contributed by atoms with E-state index in [9.17, 15) is 9.59 Å². The van der Waals surface area contributed by atoms with E-state index in [4.69, 9.17) is 15.3 Å². The van der Waals surface area contributed by atoms with E-state index in [0.717, 1.165) is 0 Å². The number of aliphatic carboxylic acids is 2. The van der Waals surface area contributed by atoms with Crippen LogP contribution in [0.15, 0.2) is 0 Å². The molecule has 0 saturated carbocycles. The van der Waals surface area contributed by atoms with E-state index in [1.165, 1.54) is 0 Å². The number of aliphatic hydroxyl groups excluding tert-OH is 1. The van der Waals surface area contributed by atoms with Gasteiger partial charge in [-0.15, -0.1) is 0 Å². The van der Waals surface area contributed by atoms with Crippen molar-refractivity contribution in [3.05, 3.63) is 0 Å². The fourth-order valence-corrected chi connectivity index (χ4v) is 2.11. The smallest absolute Gasteiger partial charge is 0.317 e. The van der Waals surface area contributed by atoms with Crippen molar-refractivity contribution in [2.75, 3.05) is 32.8 Å². The predicted octanol–water partition coefficient (Wildman–Crippen LogP) is -1.57. The molecule has 0 amide bonds. The summed E-state index contributed by atoms with van der Waals surface area (Å²) in [6, 6.07) is -0.0867. The third-order valence-electron chi connectivity index (χ3n) is 2.78. The fourth-order valence-electron chi connectivity index (χ4n) is 2.11. The maximum absolute atomic E-state index is 11.0. The van der Waals surface area contributed by atoms with Crippen molar-refractivity contribution in [2.45, 2.75) is 12.5 Å². The third-order valence-corrected chi connectivity index (χ3v) is 2.78. The van der Waals surface area contributed by atoms with Crippen molar-refractivity contribution in [2.24, 2.45) is 5.92 Å². The van der Waals surface area contributed by atoms with Crippen LogP contribution in [0.2, 0.25) is 0 Å². The Labute approximate surface area is 99.0 Å². The first kappa shape index (κ1) is 13.9. The number of piperidine rings is 1. The summed E-state index contributed by atoms with van der Waals surface area (Å²) in [4.78, 5) is 23.2. The minimum absolute atomic E-state index is 0.0207. The zero-order valence-corrected chi connectivity index (χ0v) is 9.50. The summed E-state index contributed by atoms with van der Waals surface area (Å²) in [6.45, 7) is 0.973. The van der Waals surface area contributed by atoms with Crippen LogP contribution >= 0.6 is 0 Å². The molecule has 4 N–H and O–H groups in total. The van der Waals surface area contributed by atoms with Gasteiger partial charge in [0.2, 0.25) is 0 Å². The first-order chi connectivity index (χ1) is 8.02. The highest BCUT2D eigenvalue weighted by atomic mass is 16.4. The second kappa shape index (κ2) is 6.53. The minimum atomic E-state index is -0.961. The topological polar surface area (TPSA) is 110 Å². The van der Waals surface area contributed by atoms with Crippen molar-refractivity contribution in [1.82, 2.24) is 10.2 Å². The van der Waals surface area contributed by atoms with E-state index < -0.39 is 17.9 Å². The maximum atomic E-state index is 11.0. The molecule has 0 aliphatic carbocycles. The number of hydrogen-bond donors (Lipinski definition) is 4. The molecular formula is C10H18N2O5. The van der Waals surface area contributed by atoms with Crippen LogP contribution in [-0.4, -0.2) is 71.0 Å². The molecule has 0 bridgehead atoms. The Balaban J connectivity index is 2.55. The molecule has 1 saturated heterocycles. The molecule has 7 heteroatoms. The number of rotatable bonds is 6. The summed E-state index contributed by atoms with van der Waals surface area (Å²) in [5, 5.41) is 29.4. The molecule has 2 unspecified atom stereocenters. The largest absolute Gasteiger partial charge is 0.481 e. The molecule has 0 spiro atoms. The SMILES string of the molecule is O=C(O)CN1CC(NCCO)CC(C(=O)O)C1. The second-order valence-electron chi connectivity index (χ2n) is 4.23. The van der Waals surface area contributed by atoms with E-state index in [2.05, 4.69) is 5.32 Å². The highest BCUT2D eigenvalue weighted by molar-refractivity contribution is 5.71. The second-order valence-corrected chi connectivity index (χ2v) is 4.23. The van der Waals surface area contributed by atoms with Gasteiger partial charge >= 0.3 is 11.9 Å². The van der Waals surface area contributed by atoms with E-state index in [1.54, 1.807) is 4.90 Å².